The van der Waals surface area contributed by atoms with Crippen LogP contribution in [0.1, 0.15) is 32.6 Å². The van der Waals surface area contributed by atoms with Gasteiger partial charge in [-0.3, -0.25) is 0 Å². The molecule has 0 aliphatic carbocycles. The Labute approximate surface area is 141 Å². The molecule has 1 aliphatic rings. The van der Waals surface area contributed by atoms with Crippen LogP contribution < -0.4 is 0 Å². The molecular formula is C20H23S2+. The summed E-state index contributed by atoms with van der Waals surface area (Å²) in [7, 11) is 0.253. The van der Waals surface area contributed by atoms with Crippen molar-refractivity contribution in [3.8, 4) is 0 Å². The molecule has 2 aromatic rings. The Morgan fingerprint density at radius 1 is 0.864 bits per heavy atom. The summed E-state index contributed by atoms with van der Waals surface area (Å²) in [6, 6.07) is 17.9. The number of hydrogen-bond acceptors (Lipinski definition) is 1. The fourth-order valence-corrected chi connectivity index (χ4v) is 6.72. The zero-order chi connectivity index (χ0) is 15.2. The van der Waals surface area contributed by atoms with E-state index in [1.165, 1.54) is 34.8 Å². The molecule has 0 unspecified atom stereocenters. The van der Waals surface area contributed by atoms with Crippen molar-refractivity contribution >= 4 is 22.7 Å². The lowest BCUT2D eigenvalue weighted by atomic mass is 10.2. The monoisotopic (exact) mass is 327 g/mol. The van der Waals surface area contributed by atoms with Gasteiger partial charge in [0.2, 0.25) is 0 Å². The Morgan fingerprint density at radius 3 is 2.14 bits per heavy atom. The van der Waals surface area contributed by atoms with E-state index in [2.05, 4.69) is 67.6 Å². The molecule has 2 heteroatoms. The van der Waals surface area contributed by atoms with Crippen LogP contribution in [0.15, 0.2) is 80.3 Å². The van der Waals surface area contributed by atoms with Crippen LogP contribution in [0.25, 0.3) is 0 Å². The summed E-state index contributed by atoms with van der Waals surface area (Å²) in [5, 5.41) is 0. The van der Waals surface area contributed by atoms with E-state index in [9.17, 15) is 0 Å². The average Bonchev–Trinajstić information content (AvgIpc) is 2.57. The fraction of sp³-hybridized carbons (Fsp3) is 0.300. The molecule has 0 spiro atoms. The first kappa shape index (κ1) is 15.8. The first-order valence-corrected chi connectivity index (χ1v) is 10.3. The molecule has 0 N–H and O–H groups in total. The second-order valence-electron chi connectivity index (χ2n) is 5.47. The number of rotatable bonds is 6. The molecule has 1 heterocycles. The predicted molar refractivity (Wildman–Crippen MR) is 99.1 cm³/mol. The van der Waals surface area contributed by atoms with Gasteiger partial charge in [-0.15, -0.1) is 0 Å². The van der Waals surface area contributed by atoms with E-state index in [-0.39, 0.29) is 10.9 Å². The SMILES string of the molecule is CCC=CCCCC[S+]1c2ccccc2Sc2ccccc21. The predicted octanol–water partition coefficient (Wildman–Crippen LogP) is 6.32. The summed E-state index contributed by atoms with van der Waals surface area (Å²) in [5.74, 6) is 1.29. The number of unbranched alkanes of at least 4 members (excludes halogenated alkanes) is 2. The minimum Gasteiger partial charge on any atom is -0.0888 e. The maximum absolute atomic E-state index is 2.34. The van der Waals surface area contributed by atoms with Crippen LogP contribution in [0.5, 0.6) is 0 Å². The molecule has 0 atom stereocenters. The van der Waals surface area contributed by atoms with Crippen LogP contribution in [0.2, 0.25) is 0 Å². The highest BCUT2D eigenvalue weighted by Gasteiger charge is 2.34. The third kappa shape index (κ3) is 3.61. The Morgan fingerprint density at radius 2 is 1.50 bits per heavy atom. The summed E-state index contributed by atoms with van der Waals surface area (Å²) in [5.41, 5.74) is 0. The molecule has 0 amide bonds. The van der Waals surface area contributed by atoms with Gasteiger partial charge in [-0.1, -0.05) is 55.1 Å². The fourth-order valence-electron chi connectivity index (χ4n) is 2.73. The lowest BCUT2D eigenvalue weighted by Crippen LogP contribution is -2.14. The Kier molecular flexibility index (Phi) is 5.69. The van der Waals surface area contributed by atoms with Crippen molar-refractivity contribution in [3.05, 3.63) is 60.7 Å². The van der Waals surface area contributed by atoms with Gasteiger partial charge in [0.15, 0.2) is 9.79 Å². The Balaban J connectivity index is 1.74. The highest BCUT2D eigenvalue weighted by molar-refractivity contribution is 8.04. The Hall–Kier alpha value is -1.12. The van der Waals surface area contributed by atoms with Gasteiger partial charge in [-0.2, -0.15) is 0 Å². The average molecular weight is 328 g/mol. The number of allylic oxidation sites excluding steroid dienone is 2. The van der Waals surface area contributed by atoms with Crippen LogP contribution in [0, 0.1) is 0 Å². The van der Waals surface area contributed by atoms with Gasteiger partial charge in [-0.25, -0.2) is 0 Å². The van der Waals surface area contributed by atoms with Crippen molar-refractivity contribution in [1.29, 1.82) is 0 Å². The molecule has 0 bridgehead atoms. The Bertz CT molecular complexity index is 600. The maximum Gasteiger partial charge on any atom is 0.174 e. The lowest BCUT2D eigenvalue weighted by Gasteiger charge is -2.18. The number of benzene rings is 2. The van der Waals surface area contributed by atoms with E-state index in [0.717, 1.165) is 6.42 Å². The molecule has 0 saturated heterocycles. The van der Waals surface area contributed by atoms with E-state index >= 15 is 0 Å². The normalized spacial score (nSPS) is 14.0. The van der Waals surface area contributed by atoms with E-state index in [0.29, 0.717) is 0 Å². The highest BCUT2D eigenvalue weighted by atomic mass is 32.2. The van der Waals surface area contributed by atoms with E-state index in [1.807, 2.05) is 11.8 Å². The van der Waals surface area contributed by atoms with Crippen LogP contribution in [0.4, 0.5) is 0 Å². The maximum atomic E-state index is 2.34. The first-order chi connectivity index (χ1) is 10.9. The van der Waals surface area contributed by atoms with Crippen molar-refractivity contribution in [2.75, 3.05) is 5.75 Å². The van der Waals surface area contributed by atoms with Gasteiger partial charge in [-0.05, 0) is 49.9 Å². The first-order valence-electron chi connectivity index (χ1n) is 8.12. The zero-order valence-electron chi connectivity index (χ0n) is 13.1. The van der Waals surface area contributed by atoms with E-state index < -0.39 is 0 Å². The largest absolute Gasteiger partial charge is 0.174 e. The van der Waals surface area contributed by atoms with Gasteiger partial charge < -0.3 is 0 Å². The third-order valence-corrected chi connectivity index (χ3v) is 7.70. The number of fused-ring (bicyclic) bond motifs is 2. The molecule has 0 saturated carbocycles. The van der Waals surface area contributed by atoms with Gasteiger partial charge >= 0.3 is 0 Å². The minimum absolute atomic E-state index is 0.253. The molecule has 22 heavy (non-hydrogen) atoms. The highest BCUT2D eigenvalue weighted by Crippen LogP contribution is 2.45. The molecule has 0 radical (unpaired) electrons. The minimum atomic E-state index is 0.253. The summed E-state index contributed by atoms with van der Waals surface area (Å²) >= 11 is 1.93. The van der Waals surface area contributed by atoms with Crippen LogP contribution in [-0.2, 0) is 10.9 Å². The molecule has 1 aliphatic heterocycles. The number of hydrogen-bond donors (Lipinski definition) is 0. The lowest BCUT2D eigenvalue weighted by molar-refractivity contribution is 0.816. The van der Waals surface area contributed by atoms with Crippen LogP contribution in [0.3, 0.4) is 0 Å². The van der Waals surface area contributed by atoms with Gasteiger partial charge in [0.25, 0.3) is 0 Å². The molecule has 0 nitrogen and oxygen atoms in total. The van der Waals surface area contributed by atoms with Crippen molar-refractivity contribution in [1.82, 2.24) is 0 Å². The van der Waals surface area contributed by atoms with E-state index in [1.54, 1.807) is 9.79 Å². The summed E-state index contributed by atoms with van der Waals surface area (Å²) in [6.07, 6.45) is 9.61. The summed E-state index contributed by atoms with van der Waals surface area (Å²) in [6.45, 7) is 2.20. The van der Waals surface area contributed by atoms with E-state index in [4.69, 9.17) is 0 Å². The molecule has 0 fully saturated rings. The van der Waals surface area contributed by atoms with Crippen molar-refractivity contribution < 1.29 is 0 Å². The molecule has 114 valence electrons. The summed E-state index contributed by atoms with van der Waals surface area (Å²) < 4.78 is 0. The topological polar surface area (TPSA) is 0 Å². The van der Waals surface area contributed by atoms with Crippen molar-refractivity contribution in [2.45, 2.75) is 52.2 Å². The van der Waals surface area contributed by atoms with Gasteiger partial charge in [0, 0.05) is 0 Å². The molecular weight excluding hydrogens is 304 g/mol. The van der Waals surface area contributed by atoms with Crippen molar-refractivity contribution in [3.63, 3.8) is 0 Å². The van der Waals surface area contributed by atoms with Gasteiger partial charge in [0.1, 0.15) is 5.75 Å². The second-order valence-corrected chi connectivity index (χ2v) is 8.62. The van der Waals surface area contributed by atoms with Gasteiger partial charge in [0.05, 0.1) is 20.7 Å². The van der Waals surface area contributed by atoms with Crippen LogP contribution >= 0.6 is 11.8 Å². The standard InChI is InChI=1S/C20H23S2/c1-2-3-4-5-6-11-16-22-19-14-9-7-12-17(19)21-18-13-8-10-15-20(18)22/h3-4,7-10,12-15H,2,5-6,11,16H2,1H3/q+1. The zero-order valence-corrected chi connectivity index (χ0v) is 14.8. The second kappa shape index (κ2) is 7.94. The smallest absolute Gasteiger partial charge is 0.0888 e. The summed E-state index contributed by atoms with van der Waals surface area (Å²) in [4.78, 5) is 6.01. The molecule has 0 aromatic heterocycles. The quantitative estimate of drug-likeness (QED) is 0.340. The third-order valence-electron chi connectivity index (χ3n) is 3.82. The van der Waals surface area contributed by atoms with Crippen molar-refractivity contribution in [2.24, 2.45) is 0 Å². The molecule has 2 aromatic carbocycles. The van der Waals surface area contributed by atoms with Crippen LogP contribution in [-0.4, -0.2) is 5.75 Å². The molecule has 3 rings (SSSR count).